The Bertz CT molecular complexity index is 2590. The van der Waals surface area contributed by atoms with Crippen molar-refractivity contribution in [3.63, 3.8) is 0 Å². The predicted octanol–water partition coefficient (Wildman–Crippen LogP) is 10.3. The number of carbonyl (C=O) groups is 2. The number of rotatable bonds is 15. The van der Waals surface area contributed by atoms with Crippen LogP contribution in [0.1, 0.15) is 61.0 Å². The van der Waals surface area contributed by atoms with Crippen molar-refractivity contribution in [3.05, 3.63) is 171 Å². The fraction of sp³-hybridized carbons (Fsp3) is 0.255. The summed E-state index contributed by atoms with van der Waals surface area (Å²) in [6.45, 7) is 1.46. The summed E-state index contributed by atoms with van der Waals surface area (Å²) in [4.78, 5) is 32.1. The maximum absolute atomic E-state index is 14.3. The molecule has 3 unspecified atom stereocenters. The molecule has 64 heavy (non-hydrogen) atoms. The van der Waals surface area contributed by atoms with Crippen molar-refractivity contribution >= 4 is 35.0 Å². The largest absolute Gasteiger partial charge is 0.497 e. The lowest BCUT2D eigenvalue weighted by Gasteiger charge is -2.41. The quantitative estimate of drug-likeness (QED) is 0.0996. The Balaban J connectivity index is 1.01. The highest BCUT2D eigenvalue weighted by atomic mass is 35.5. The molecular formula is C51H48Cl2N2O9. The minimum absolute atomic E-state index is 0.113. The second-order valence-corrected chi connectivity index (χ2v) is 16.2. The van der Waals surface area contributed by atoms with Gasteiger partial charge in [0.2, 0.25) is 0 Å². The molecule has 0 bridgehead atoms. The Labute approximate surface area is 382 Å². The summed E-state index contributed by atoms with van der Waals surface area (Å²) >= 11 is 12.9. The highest BCUT2D eigenvalue weighted by Crippen LogP contribution is 2.42. The molecule has 2 aliphatic rings. The molecule has 0 aromatic heterocycles. The highest BCUT2D eigenvalue weighted by molar-refractivity contribution is 6.43. The number of carbonyl (C=O) groups excluding carboxylic acids is 2. The average Bonchev–Trinajstić information content (AvgIpc) is 3.34. The Morgan fingerprint density at radius 1 is 0.547 bits per heavy atom. The van der Waals surface area contributed by atoms with Gasteiger partial charge in [-0.15, -0.1) is 0 Å². The van der Waals surface area contributed by atoms with Gasteiger partial charge < -0.3 is 43.0 Å². The summed E-state index contributed by atoms with van der Waals surface area (Å²) in [6, 6.07) is 38.0. The number of hydrogen-bond acceptors (Lipinski definition) is 9. The minimum atomic E-state index is -0.487. The fourth-order valence-electron chi connectivity index (χ4n) is 8.39. The van der Waals surface area contributed by atoms with Crippen LogP contribution in [0.25, 0.3) is 0 Å². The first-order valence-corrected chi connectivity index (χ1v) is 21.6. The molecule has 6 aromatic carbocycles. The number of benzene rings is 6. The van der Waals surface area contributed by atoms with Gasteiger partial charge in [0, 0.05) is 24.6 Å². The monoisotopic (exact) mass is 902 g/mol. The summed E-state index contributed by atoms with van der Waals surface area (Å²) in [7, 11) is 6.43. The van der Waals surface area contributed by atoms with E-state index in [4.69, 9.17) is 56.4 Å². The number of hydrogen-bond donors (Lipinski definition) is 0. The van der Waals surface area contributed by atoms with E-state index < -0.39 is 12.1 Å². The van der Waals surface area contributed by atoms with Crippen molar-refractivity contribution in [3.8, 4) is 40.2 Å². The van der Waals surface area contributed by atoms with Crippen LogP contribution in [-0.4, -0.2) is 83.0 Å². The molecule has 6 aromatic rings. The molecular weight excluding hydrogens is 855 g/mol. The van der Waals surface area contributed by atoms with E-state index in [1.807, 2.05) is 114 Å². The molecule has 330 valence electrons. The Morgan fingerprint density at radius 3 is 1.75 bits per heavy atom. The number of fused-ring (bicyclic) bond motifs is 2. The lowest BCUT2D eigenvalue weighted by molar-refractivity contribution is 0.0537. The molecule has 2 amide bonds. The van der Waals surface area contributed by atoms with Crippen molar-refractivity contribution in [2.24, 2.45) is 0 Å². The number of ether oxygens (including phenoxy) is 7. The van der Waals surface area contributed by atoms with Crippen molar-refractivity contribution in [1.82, 2.24) is 9.80 Å². The summed E-state index contributed by atoms with van der Waals surface area (Å²) < 4.78 is 41.5. The molecule has 0 fully saturated rings. The number of nitrogens with zero attached hydrogens (tertiary/aromatic N) is 2. The van der Waals surface area contributed by atoms with Gasteiger partial charge in [0.1, 0.15) is 42.0 Å². The molecule has 3 atom stereocenters. The predicted molar refractivity (Wildman–Crippen MR) is 245 cm³/mol. The van der Waals surface area contributed by atoms with Crippen molar-refractivity contribution in [2.45, 2.75) is 24.4 Å². The smallest absolute Gasteiger partial charge is 0.256 e. The van der Waals surface area contributed by atoms with Crippen LogP contribution >= 0.6 is 23.2 Å². The molecule has 0 saturated heterocycles. The first-order valence-electron chi connectivity index (χ1n) is 20.9. The Hall–Kier alpha value is -6.56. The van der Waals surface area contributed by atoms with E-state index in [-0.39, 0.29) is 42.6 Å². The van der Waals surface area contributed by atoms with Crippen LogP contribution in [-0.2, 0) is 6.42 Å². The van der Waals surface area contributed by atoms with Gasteiger partial charge in [-0.05, 0) is 126 Å². The third-order valence-corrected chi connectivity index (χ3v) is 12.6. The fourth-order valence-corrected chi connectivity index (χ4v) is 8.77. The Kier molecular flexibility index (Phi) is 13.7. The SMILES string of the molecule is COc1ccc(OCC2c3cc(OC)ccc3C(COc3ccc(OCC4c5cc(OC)c(OC)cc5CCN4C(=O)c4cccc(Cl)c4Cl)cc3)CN2C(=O)c2ccccc2)cc1. The lowest BCUT2D eigenvalue weighted by atomic mass is 9.85. The van der Waals surface area contributed by atoms with Gasteiger partial charge in [-0.2, -0.15) is 0 Å². The van der Waals surface area contributed by atoms with E-state index in [1.54, 1.807) is 51.5 Å². The van der Waals surface area contributed by atoms with Gasteiger partial charge in [0.25, 0.3) is 11.8 Å². The molecule has 0 spiro atoms. The van der Waals surface area contributed by atoms with Gasteiger partial charge in [0.05, 0.1) is 62.7 Å². The van der Waals surface area contributed by atoms with Gasteiger partial charge in [-0.25, -0.2) is 0 Å². The Morgan fingerprint density at radius 2 is 1.12 bits per heavy atom. The second kappa shape index (κ2) is 19.9. The number of amides is 2. The summed E-state index contributed by atoms with van der Waals surface area (Å²) in [5.41, 5.74) is 4.77. The van der Waals surface area contributed by atoms with E-state index in [1.165, 1.54) is 0 Å². The van der Waals surface area contributed by atoms with E-state index in [0.29, 0.717) is 70.2 Å². The van der Waals surface area contributed by atoms with Crippen molar-refractivity contribution in [2.75, 3.05) is 61.3 Å². The first-order chi connectivity index (χ1) is 31.2. The zero-order valence-corrected chi connectivity index (χ0v) is 37.4. The third-order valence-electron chi connectivity index (χ3n) is 11.8. The van der Waals surface area contributed by atoms with Crippen LogP contribution in [0.3, 0.4) is 0 Å². The molecule has 0 saturated carbocycles. The van der Waals surface area contributed by atoms with E-state index in [9.17, 15) is 9.59 Å². The van der Waals surface area contributed by atoms with E-state index in [0.717, 1.165) is 28.0 Å². The molecule has 0 aliphatic carbocycles. The van der Waals surface area contributed by atoms with Gasteiger partial charge in [-0.3, -0.25) is 9.59 Å². The zero-order valence-electron chi connectivity index (χ0n) is 35.9. The molecule has 2 aliphatic heterocycles. The highest BCUT2D eigenvalue weighted by Gasteiger charge is 2.38. The standard InChI is InChI=1S/C51H48Cl2N2O9/c1-58-35-13-15-37(16-14-35)64-31-46-43-26-39(59-2)21-22-40(43)34(28-55(46)50(56)32-9-6-5-7-10-32)29-62-36-17-19-38(20-18-36)63-30-45-42-27-48(61-4)47(60-3)25-33(42)23-24-54(45)51(57)41-11-8-12-44(52)49(41)53/h5-22,25-27,34,45-46H,23-24,28-31H2,1-4H3. The number of methoxy groups -OCH3 is 4. The second-order valence-electron chi connectivity index (χ2n) is 15.4. The van der Waals surface area contributed by atoms with Gasteiger partial charge in [-0.1, -0.05) is 53.5 Å². The van der Waals surface area contributed by atoms with Gasteiger partial charge >= 0.3 is 0 Å². The van der Waals surface area contributed by atoms with Crippen LogP contribution < -0.4 is 33.2 Å². The maximum atomic E-state index is 14.3. The van der Waals surface area contributed by atoms with Crippen LogP contribution in [0.15, 0.2) is 127 Å². The van der Waals surface area contributed by atoms with E-state index >= 15 is 0 Å². The van der Waals surface area contributed by atoms with Crippen LogP contribution in [0, 0.1) is 0 Å². The van der Waals surface area contributed by atoms with Crippen molar-refractivity contribution in [1.29, 1.82) is 0 Å². The molecule has 0 N–H and O–H groups in total. The molecule has 8 rings (SSSR count). The third kappa shape index (κ3) is 9.37. The lowest BCUT2D eigenvalue weighted by Crippen LogP contribution is -2.45. The molecule has 0 radical (unpaired) electrons. The molecule has 13 heteroatoms. The summed E-state index contributed by atoms with van der Waals surface area (Å²) in [6.07, 6.45) is 0.595. The average molecular weight is 904 g/mol. The van der Waals surface area contributed by atoms with E-state index in [2.05, 4.69) is 0 Å². The number of halogens is 2. The van der Waals surface area contributed by atoms with Gasteiger partial charge in [0.15, 0.2) is 11.5 Å². The van der Waals surface area contributed by atoms with Crippen molar-refractivity contribution < 1.29 is 42.7 Å². The topological polar surface area (TPSA) is 105 Å². The first kappa shape index (κ1) is 44.1. The normalized spacial score (nSPS) is 16.5. The van der Waals surface area contributed by atoms with Crippen LogP contribution in [0.2, 0.25) is 10.0 Å². The van der Waals surface area contributed by atoms with Crippen LogP contribution in [0.4, 0.5) is 0 Å². The zero-order chi connectivity index (χ0) is 44.7. The molecule has 11 nitrogen and oxygen atoms in total. The van der Waals surface area contributed by atoms with Crippen LogP contribution in [0.5, 0.6) is 40.2 Å². The summed E-state index contributed by atoms with van der Waals surface area (Å²) in [5, 5.41) is 0.505. The summed E-state index contributed by atoms with van der Waals surface area (Å²) in [5.74, 6) is 3.88. The molecule has 2 heterocycles. The minimum Gasteiger partial charge on any atom is -0.497 e. The maximum Gasteiger partial charge on any atom is 0.256 e.